The van der Waals surface area contributed by atoms with Crippen LogP contribution in [0.3, 0.4) is 0 Å². The van der Waals surface area contributed by atoms with Crippen molar-refractivity contribution in [3.8, 4) is 11.5 Å². The van der Waals surface area contributed by atoms with Gasteiger partial charge in [0.25, 0.3) is 17.7 Å². The van der Waals surface area contributed by atoms with Crippen LogP contribution in [0, 0.1) is 13.8 Å². The number of carbonyl (C=O) groups excluding carboxylic acids is 4. The van der Waals surface area contributed by atoms with E-state index in [0.29, 0.717) is 16.9 Å². The number of amides is 5. The minimum atomic E-state index is -0.843. The molecule has 10 heteroatoms. The number of halogens is 1. The summed E-state index contributed by atoms with van der Waals surface area (Å²) in [4.78, 5) is 51.4. The summed E-state index contributed by atoms with van der Waals surface area (Å²) in [6, 6.07) is 16.0. The Balaban J connectivity index is 1.56. The summed E-state index contributed by atoms with van der Waals surface area (Å²) in [6.07, 6.45) is 1.31. The molecule has 200 valence electrons. The predicted octanol–water partition coefficient (Wildman–Crippen LogP) is 5.04. The van der Waals surface area contributed by atoms with Gasteiger partial charge in [0.15, 0.2) is 18.1 Å². The Labute approximate surface area is 230 Å². The maximum atomic E-state index is 13.1. The van der Waals surface area contributed by atoms with Crippen molar-refractivity contribution in [2.45, 2.75) is 20.8 Å². The summed E-state index contributed by atoms with van der Waals surface area (Å²) in [6.45, 7) is 5.63. The molecule has 5 amide bonds. The molecule has 1 saturated heterocycles. The summed E-state index contributed by atoms with van der Waals surface area (Å²) in [7, 11) is 0. The third-order valence-corrected chi connectivity index (χ3v) is 6.18. The summed E-state index contributed by atoms with van der Waals surface area (Å²) in [5.74, 6) is -1.66. The lowest BCUT2D eigenvalue weighted by Gasteiger charge is -2.26. The molecule has 0 bridgehead atoms. The number of benzene rings is 3. The van der Waals surface area contributed by atoms with Gasteiger partial charge in [0, 0.05) is 5.69 Å². The molecular formula is C29H26ClN3O6. The van der Waals surface area contributed by atoms with Gasteiger partial charge in [-0.05, 0) is 79.9 Å². The number of ether oxygens (including phenoxy) is 2. The Morgan fingerprint density at radius 2 is 1.74 bits per heavy atom. The van der Waals surface area contributed by atoms with Crippen molar-refractivity contribution in [2.75, 3.05) is 23.4 Å². The number of urea groups is 1. The number of anilines is 2. The molecule has 1 aliphatic heterocycles. The van der Waals surface area contributed by atoms with E-state index in [1.165, 1.54) is 18.2 Å². The van der Waals surface area contributed by atoms with Gasteiger partial charge < -0.3 is 14.8 Å². The lowest BCUT2D eigenvalue weighted by molar-refractivity contribution is -0.122. The number of rotatable bonds is 8. The molecule has 1 heterocycles. The van der Waals surface area contributed by atoms with E-state index in [1.807, 2.05) is 26.0 Å². The van der Waals surface area contributed by atoms with E-state index in [-0.39, 0.29) is 35.3 Å². The molecule has 9 nitrogen and oxygen atoms in total. The molecule has 0 atom stereocenters. The SMILES string of the molecule is CCOc1cc(/C=C2/C(=O)NC(=O)N(c3ccccc3)C2=O)cc(Cl)c1OCC(=O)Nc1ccc(C)c(C)c1. The van der Waals surface area contributed by atoms with E-state index < -0.39 is 23.8 Å². The number of aryl methyl sites for hydroxylation is 2. The van der Waals surface area contributed by atoms with Crippen molar-refractivity contribution in [1.82, 2.24) is 5.32 Å². The third kappa shape index (κ3) is 6.27. The van der Waals surface area contributed by atoms with Crippen LogP contribution in [0.25, 0.3) is 6.08 Å². The molecule has 0 unspecified atom stereocenters. The van der Waals surface area contributed by atoms with E-state index >= 15 is 0 Å². The molecule has 4 rings (SSSR count). The zero-order valence-corrected chi connectivity index (χ0v) is 22.3. The highest BCUT2D eigenvalue weighted by Gasteiger charge is 2.36. The Kier molecular flexibility index (Phi) is 8.31. The van der Waals surface area contributed by atoms with Crippen LogP contribution in [0.2, 0.25) is 5.02 Å². The fourth-order valence-electron chi connectivity index (χ4n) is 3.86. The number of hydrogen-bond donors (Lipinski definition) is 2. The zero-order valence-electron chi connectivity index (χ0n) is 21.5. The highest BCUT2D eigenvalue weighted by Crippen LogP contribution is 2.37. The van der Waals surface area contributed by atoms with Crippen molar-refractivity contribution in [2.24, 2.45) is 0 Å². The van der Waals surface area contributed by atoms with Gasteiger partial charge in [-0.25, -0.2) is 9.69 Å². The van der Waals surface area contributed by atoms with Gasteiger partial charge >= 0.3 is 6.03 Å². The van der Waals surface area contributed by atoms with E-state index in [0.717, 1.165) is 16.0 Å². The molecule has 39 heavy (non-hydrogen) atoms. The number of nitrogens with zero attached hydrogens (tertiary/aromatic N) is 1. The summed E-state index contributed by atoms with van der Waals surface area (Å²) in [5, 5.41) is 5.06. The van der Waals surface area contributed by atoms with Gasteiger partial charge in [-0.2, -0.15) is 0 Å². The van der Waals surface area contributed by atoms with Crippen LogP contribution in [0.5, 0.6) is 11.5 Å². The highest BCUT2D eigenvalue weighted by atomic mass is 35.5. The van der Waals surface area contributed by atoms with Gasteiger partial charge in [0.1, 0.15) is 5.57 Å². The fourth-order valence-corrected chi connectivity index (χ4v) is 4.14. The predicted molar refractivity (Wildman–Crippen MR) is 148 cm³/mol. The Bertz CT molecular complexity index is 1490. The Morgan fingerprint density at radius 1 is 1.00 bits per heavy atom. The van der Waals surface area contributed by atoms with Crippen LogP contribution in [0.15, 0.2) is 66.2 Å². The third-order valence-electron chi connectivity index (χ3n) is 5.90. The number of nitrogens with one attached hydrogen (secondary N) is 2. The number of barbiturate groups is 1. The molecule has 3 aromatic carbocycles. The smallest absolute Gasteiger partial charge is 0.335 e. The lowest BCUT2D eigenvalue weighted by atomic mass is 10.1. The molecule has 3 aromatic rings. The first-order valence-electron chi connectivity index (χ1n) is 12.1. The standard InChI is InChI=1S/C29H26ClN3O6/c1-4-38-24-15-19(13-22-27(35)32-29(37)33(28(22)36)21-8-6-5-7-9-21)14-23(30)26(24)39-16-25(34)31-20-11-10-17(2)18(3)12-20/h5-15H,4,16H2,1-3H3,(H,31,34)(H,32,35,37)/b22-13-. The first kappa shape index (κ1) is 27.4. The van der Waals surface area contributed by atoms with Crippen molar-refractivity contribution in [3.05, 3.63) is 87.9 Å². The van der Waals surface area contributed by atoms with Crippen LogP contribution in [-0.4, -0.2) is 37.0 Å². The van der Waals surface area contributed by atoms with Gasteiger partial charge in [-0.3, -0.25) is 19.7 Å². The summed E-state index contributed by atoms with van der Waals surface area (Å²) >= 11 is 6.47. The van der Waals surface area contributed by atoms with Crippen LogP contribution >= 0.6 is 11.6 Å². The minimum absolute atomic E-state index is 0.103. The molecule has 2 N–H and O–H groups in total. The van der Waals surface area contributed by atoms with Crippen molar-refractivity contribution >= 4 is 52.8 Å². The average Bonchev–Trinajstić information content (AvgIpc) is 2.89. The molecule has 1 fully saturated rings. The second-order valence-corrected chi connectivity index (χ2v) is 9.10. The van der Waals surface area contributed by atoms with Crippen LogP contribution in [-0.2, 0) is 14.4 Å². The van der Waals surface area contributed by atoms with Gasteiger partial charge in [-0.1, -0.05) is 35.9 Å². The van der Waals surface area contributed by atoms with E-state index in [1.54, 1.807) is 43.3 Å². The molecule has 0 aromatic heterocycles. The second-order valence-electron chi connectivity index (χ2n) is 8.69. The van der Waals surface area contributed by atoms with Gasteiger partial charge in [0.05, 0.1) is 17.3 Å². The van der Waals surface area contributed by atoms with E-state index in [9.17, 15) is 19.2 Å². The first-order valence-corrected chi connectivity index (χ1v) is 12.5. The van der Waals surface area contributed by atoms with Crippen molar-refractivity contribution < 1.29 is 28.7 Å². The van der Waals surface area contributed by atoms with Gasteiger partial charge in [0.2, 0.25) is 0 Å². The number of imide groups is 2. The maximum absolute atomic E-state index is 13.1. The number of carbonyl (C=O) groups is 4. The second kappa shape index (κ2) is 11.8. The number of para-hydroxylation sites is 1. The lowest BCUT2D eigenvalue weighted by Crippen LogP contribution is -2.54. The molecule has 0 radical (unpaired) electrons. The Morgan fingerprint density at radius 3 is 2.44 bits per heavy atom. The van der Waals surface area contributed by atoms with E-state index in [2.05, 4.69) is 10.6 Å². The van der Waals surface area contributed by atoms with Crippen LogP contribution in [0.1, 0.15) is 23.6 Å². The molecule has 0 spiro atoms. The van der Waals surface area contributed by atoms with Crippen molar-refractivity contribution in [1.29, 1.82) is 0 Å². The maximum Gasteiger partial charge on any atom is 0.335 e. The topological polar surface area (TPSA) is 114 Å². The fraction of sp³-hybridized carbons (Fsp3) is 0.172. The zero-order chi connectivity index (χ0) is 28.1. The monoisotopic (exact) mass is 547 g/mol. The molecule has 0 aliphatic carbocycles. The summed E-state index contributed by atoms with van der Waals surface area (Å²) in [5.41, 5.74) is 3.20. The normalized spacial score (nSPS) is 14.3. The quantitative estimate of drug-likeness (QED) is 0.302. The van der Waals surface area contributed by atoms with Crippen LogP contribution < -0.4 is 25.0 Å². The minimum Gasteiger partial charge on any atom is -0.490 e. The van der Waals surface area contributed by atoms with Crippen LogP contribution in [0.4, 0.5) is 16.2 Å². The highest BCUT2D eigenvalue weighted by molar-refractivity contribution is 6.39. The van der Waals surface area contributed by atoms with Crippen molar-refractivity contribution in [3.63, 3.8) is 0 Å². The van der Waals surface area contributed by atoms with Gasteiger partial charge in [-0.15, -0.1) is 0 Å². The van der Waals surface area contributed by atoms with E-state index in [4.69, 9.17) is 21.1 Å². The number of hydrogen-bond acceptors (Lipinski definition) is 6. The molecule has 0 saturated carbocycles. The Hall–Kier alpha value is -4.63. The molecular weight excluding hydrogens is 522 g/mol. The average molecular weight is 548 g/mol. The molecule has 1 aliphatic rings. The first-order chi connectivity index (χ1) is 18.7. The largest absolute Gasteiger partial charge is 0.490 e. The summed E-state index contributed by atoms with van der Waals surface area (Å²) < 4.78 is 11.4.